The first kappa shape index (κ1) is 7.19. The second-order valence-corrected chi connectivity index (χ2v) is 3.56. The molecule has 1 N–H and O–H groups in total. The number of aromatic nitrogens is 1. The van der Waals surface area contributed by atoms with Crippen LogP contribution in [0.3, 0.4) is 0 Å². The van der Waals surface area contributed by atoms with Gasteiger partial charge in [0.15, 0.2) is 0 Å². The largest absolute Gasteiger partial charge is 0.359 e. The smallest absolute Gasteiger partial charge is 0.0659 e. The van der Waals surface area contributed by atoms with Gasteiger partial charge in [-0.25, -0.2) is 0 Å². The summed E-state index contributed by atoms with van der Waals surface area (Å²) in [5.74, 6) is 0. The third kappa shape index (κ3) is 1.06. The number of para-hydroxylation sites is 1. The molecule has 0 unspecified atom stereocenters. The zero-order chi connectivity index (χ0) is 7.84. The molecule has 0 radical (unpaired) electrons. The van der Waals surface area contributed by atoms with E-state index < -0.39 is 0 Å². The minimum atomic E-state index is 0.765. The quantitative estimate of drug-likeness (QED) is 0.712. The van der Waals surface area contributed by atoms with Gasteiger partial charge in [-0.15, -0.1) is 0 Å². The molecule has 0 saturated heterocycles. The summed E-state index contributed by atoms with van der Waals surface area (Å²) in [5, 5.41) is 1.82. The molecule has 1 heterocycles. The lowest BCUT2D eigenvalue weighted by atomic mass is 10.2. The predicted octanol–water partition coefficient (Wildman–Crippen LogP) is 3.58. The molecule has 1 aromatic heterocycles. The molecule has 0 saturated carbocycles. The Balaban J connectivity index is 2.94. The van der Waals surface area contributed by atoms with Crippen LogP contribution >= 0.6 is 27.5 Å². The molecule has 0 atom stereocenters. The molecular weight excluding hydrogens is 225 g/mol. The lowest BCUT2D eigenvalue weighted by Gasteiger charge is -1.91. The van der Waals surface area contributed by atoms with E-state index >= 15 is 0 Å². The molecule has 3 heteroatoms. The SMILES string of the molecule is Clc1c[nH]c2c(Br)cccc12. The minimum absolute atomic E-state index is 0.765. The van der Waals surface area contributed by atoms with Crippen molar-refractivity contribution in [1.82, 2.24) is 4.98 Å². The van der Waals surface area contributed by atoms with Crippen LogP contribution in [0.1, 0.15) is 0 Å². The van der Waals surface area contributed by atoms with Gasteiger partial charge in [0, 0.05) is 16.1 Å². The van der Waals surface area contributed by atoms with Crippen LogP contribution in [0.2, 0.25) is 5.02 Å². The number of hydrogen-bond acceptors (Lipinski definition) is 0. The summed E-state index contributed by atoms with van der Waals surface area (Å²) in [6, 6.07) is 5.93. The summed E-state index contributed by atoms with van der Waals surface area (Å²) in [6.45, 7) is 0. The number of benzene rings is 1. The van der Waals surface area contributed by atoms with Gasteiger partial charge in [-0.3, -0.25) is 0 Å². The summed E-state index contributed by atoms with van der Waals surface area (Å²) in [5.41, 5.74) is 1.05. The van der Waals surface area contributed by atoms with Crippen molar-refractivity contribution < 1.29 is 0 Å². The molecule has 1 aromatic carbocycles. The number of hydrogen-bond donors (Lipinski definition) is 1. The number of nitrogens with one attached hydrogen (secondary N) is 1. The van der Waals surface area contributed by atoms with E-state index in [1.807, 2.05) is 18.2 Å². The Labute approximate surface area is 77.5 Å². The van der Waals surface area contributed by atoms with Gasteiger partial charge in [0.25, 0.3) is 0 Å². The van der Waals surface area contributed by atoms with Crippen LogP contribution < -0.4 is 0 Å². The molecule has 11 heavy (non-hydrogen) atoms. The zero-order valence-corrected chi connectivity index (χ0v) is 7.91. The first-order valence-electron chi connectivity index (χ1n) is 3.20. The molecule has 0 fully saturated rings. The predicted molar refractivity (Wildman–Crippen MR) is 51.0 cm³/mol. The lowest BCUT2D eigenvalue weighted by molar-refractivity contribution is 1.47. The Bertz CT molecular complexity index is 394. The van der Waals surface area contributed by atoms with Crippen LogP contribution in [0.4, 0.5) is 0 Å². The third-order valence-electron chi connectivity index (χ3n) is 1.61. The van der Waals surface area contributed by atoms with Crippen molar-refractivity contribution in [2.75, 3.05) is 0 Å². The maximum absolute atomic E-state index is 5.89. The van der Waals surface area contributed by atoms with E-state index in [-0.39, 0.29) is 0 Å². The van der Waals surface area contributed by atoms with Crippen molar-refractivity contribution in [2.24, 2.45) is 0 Å². The van der Waals surface area contributed by atoms with Gasteiger partial charge in [-0.05, 0) is 22.0 Å². The molecule has 0 spiro atoms. The van der Waals surface area contributed by atoms with Crippen molar-refractivity contribution in [3.8, 4) is 0 Å². The average molecular weight is 230 g/mol. The number of aromatic amines is 1. The number of halogens is 2. The van der Waals surface area contributed by atoms with E-state index in [9.17, 15) is 0 Å². The summed E-state index contributed by atoms with van der Waals surface area (Å²) in [4.78, 5) is 3.08. The Morgan fingerprint density at radius 3 is 2.91 bits per heavy atom. The number of fused-ring (bicyclic) bond motifs is 1. The van der Waals surface area contributed by atoms with Gasteiger partial charge in [-0.2, -0.15) is 0 Å². The van der Waals surface area contributed by atoms with E-state index in [0.717, 1.165) is 20.4 Å². The second-order valence-electron chi connectivity index (χ2n) is 2.30. The van der Waals surface area contributed by atoms with Crippen molar-refractivity contribution in [1.29, 1.82) is 0 Å². The van der Waals surface area contributed by atoms with E-state index in [4.69, 9.17) is 11.6 Å². The first-order chi connectivity index (χ1) is 5.29. The summed E-state index contributed by atoms with van der Waals surface area (Å²) in [6.07, 6.45) is 1.79. The van der Waals surface area contributed by atoms with E-state index in [2.05, 4.69) is 20.9 Å². The Morgan fingerprint density at radius 1 is 1.36 bits per heavy atom. The highest BCUT2D eigenvalue weighted by atomic mass is 79.9. The molecule has 2 rings (SSSR count). The van der Waals surface area contributed by atoms with Gasteiger partial charge < -0.3 is 4.98 Å². The minimum Gasteiger partial charge on any atom is -0.359 e. The van der Waals surface area contributed by atoms with Gasteiger partial charge in [0.1, 0.15) is 0 Å². The Morgan fingerprint density at radius 2 is 2.18 bits per heavy atom. The van der Waals surface area contributed by atoms with Gasteiger partial charge in [0.05, 0.1) is 10.5 Å². The fourth-order valence-corrected chi connectivity index (χ4v) is 1.78. The second kappa shape index (κ2) is 2.54. The monoisotopic (exact) mass is 229 g/mol. The Hall–Kier alpha value is -0.470. The molecular formula is C8H5BrClN. The van der Waals surface area contributed by atoms with Gasteiger partial charge >= 0.3 is 0 Å². The van der Waals surface area contributed by atoms with Crippen LogP contribution in [-0.4, -0.2) is 4.98 Å². The average Bonchev–Trinajstić information content (AvgIpc) is 2.35. The van der Waals surface area contributed by atoms with E-state index in [0.29, 0.717) is 0 Å². The van der Waals surface area contributed by atoms with Crippen LogP contribution in [-0.2, 0) is 0 Å². The third-order valence-corrected chi connectivity index (χ3v) is 2.59. The van der Waals surface area contributed by atoms with Crippen LogP contribution in [0.15, 0.2) is 28.9 Å². The van der Waals surface area contributed by atoms with E-state index in [1.54, 1.807) is 6.20 Å². The Kier molecular flexibility index (Phi) is 1.66. The van der Waals surface area contributed by atoms with Crippen molar-refractivity contribution in [3.63, 3.8) is 0 Å². The number of H-pyrrole nitrogens is 1. The summed E-state index contributed by atoms with van der Waals surface area (Å²) < 4.78 is 1.04. The molecule has 0 amide bonds. The molecule has 1 nitrogen and oxygen atoms in total. The molecule has 0 aliphatic heterocycles. The topological polar surface area (TPSA) is 15.8 Å². The standard InChI is InChI=1S/C8H5BrClN/c9-6-3-1-2-5-7(10)4-11-8(5)6/h1-4,11H. The lowest BCUT2D eigenvalue weighted by Crippen LogP contribution is -1.68. The van der Waals surface area contributed by atoms with Gasteiger partial charge in [-0.1, -0.05) is 23.7 Å². The molecule has 0 bridgehead atoms. The van der Waals surface area contributed by atoms with Crippen molar-refractivity contribution >= 4 is 38.4 Å². The van der Waals surface area contributed by atoms with Crippen molar-refractivity contribution in [2.45, 2.75) is 0 Å². The highest BCUT2D eigenvalue weighted by molar-refractivity contribution is 9.10. The summed E-state index contributed by atoms with van der Waals surface area (Å²) in [7, 11) is 0. The highest BCUT2D eigenvalue weighted by Crippen LogP contribution is 2.27. The summed E-state index contributed by atoms with van der Waals surface area (Å²) >= 11 is 9.31. The zero-order valence-electron chi connectivity index (χ0n) is 5.57. The highest BCUT2D eigenvalue weighted by Gasteiger charge is 2.01. The molecule has 0 aliphatic carbocycles. The maximum atomic E-state index is 5.89. The first-order valence-corrected chi connectivity index (χ1v) is 4.37. The van der Waals surface area contributed by atoms with Gasteiger partial charge in [0.2, 0.25) is 0 Å². The molecule has 0 aliphatic rings. The fraction of sp³-hybridized carbons (Fsp3) is 0. The molecule has 56 valence electrons. The maximum Gasteiger partial charge on any atom is 0.0659 e. The van der Waals surface area contributed by atoms with Crippen molar-refractivity contribution in [3.05, 3.63) is 33.9 Å². The normalized spacial score (nSPS) is 10.7. The van der Waals surface area contributed by atoms with Crippen LogP contribution in [0.25, 0.3) is 10.9 Å². The van der Waals surface area contributed by atoms with Crippen LogP contribution in [0, 0.1) is 0 Å². The fourth-order valence-electron chi connectivity index (χ4n) is 1.08. The van der Waals surface area contributed by atoms with Crippen LogP contribution in [0.5, 0.6) is 0 Å². The molecule has 2 aromatic rings. The van der Waals surface area contributed by atoms with E-state index in [1.165, 1.54) is 0 Å². The number of rotatable bonds is 0.